The number of amides is 3. The second-order valence-electron chi connectivity index (χ2n) is 8.68. The minimum Gasteiger partial charge on any atom is -0.490 e. The molecule has 1 fully saturated rings. The smallest absolute Gasteiger partial charge is 0.329 e. The molecule has 7 heteroatoms. The quantitative estimate of drug-likeness (QED) is 0.191. The molecule has 37 heavy (non-hydrogen) atoms. The molecule has 1 N–H and O–H groups in total. The average Bonchev–Trinajstić information content (AvgIpc) is 3.13. The fourth-order valence-corrected chi connectivity index (χ4v) is 4.21. The van der Waals surface area contributed by atoms with Crippen molar-refractivity contribution in [2.24, 2.45) is 0 Å². The maximum absolute atomic E-state index is 13.1. The number of ether oxygens (including phenoxy) is 2. The predicted octanol–water partition coefficient (Wildman–Crippen LogP) is 6.45. The van der Waals surface area contributed by atoms with Gasteiger partial charge in [-0.3, -0.25) is 9.69 Å². The highest BCUT2D eigenvalue weighted by Crippen LogP contribution is 2.36. The third-order valence-corrected chi connectivity index (χ3v) is 6.25. The van der Waals surface area contributed by atoms with Gasteiger partial charge in [-0.1, -0.05) is 65.7 Å². The Bertz CT molecular complexity index is 1350. The second-order valence-corrected chi connectivity index (χ2v) is 9.09. The predicted molar refractivity (Wildman–Crippen MR) is 146 cm³/mol. The van der Waals surface area contributed by atoms with Crippen LogP contribution in [0, 0.1) is 6.92 Å². The van der Waals surface area contributed by atoms with Crippen LogP contribution in [-0.2, 0) is 24.4 Å². The van der Waals surface area contributed by atoms with Crippen LogP contribution in [0.15, 0.2) is 79.0 Å². The first-order valence-corrected chi connectivity index (χ1v) is 12.4. The minimum absolute atomic E-state index is 0.197. The Labute approximate surface area is 222 Å². The molecule has 190 valence electrons. The molecule has 1 saturated heterocycles. The van der Waals surface area contributed by atoms with Gasteiger partial charge in [-0.2, -0.15) is 0 Å². The number of nitrogens with zero attached hydrogens (tertiary/aromatic N) is 1. The normalized spacial score (nSPS) is 14.1. The van der Waals surface area contributed by atoms with E-state index in [4.69, 9.17) is 21.1 Å². The van der Waals surface area contributed by atoms with Gasteiger partial charge in [0.2, 0.25) is 0 Å². The van der Waals surface area contributed by atoms with E-state index in [1.54, 1.807) is 18.2 Å². The number of urea groups is 1. The van der Waals surface area contributed by atoms with Crippen LogP contribution >= 0.6 is 11.6 Å². The van der Waals surface area contributed by atoms with Gasteiger partial charge in [0, 0.05) is 16.1 Å². The second kappa shape index (κ2) is 11.8. The first-order chi connectivity index (χ1) is 17.9. The van der Waals surface area contributed by atoms with Gasteiger partial charge in [0.15, 0.2) is 11.5 Å². The summed E-state index contributed by atoms with van der Waals surface area (Å²) in [5.41, 5.74) is 4.59. The van der Waals surface area contributed by atoms with Gasteiger partial charge in [-0.05, 0) is 55.7 Å². The number of benzene rings is 3. The highest BCUT2D eigenvalue weighted by atomic mass is 35.5. The summed E-state index contributed by atoms with van der Waals surface area (Å²) in [5, 5.41) is 3.32. The molecule has 0 aromatic heterocycles. The SMILES string of the molecule is C=CCc1cc(/C=C2/NC(=O)N(Cc3ccc(C)cc3)C2=O)cc(OCC)c1OCc1ccccc1Cl. The molecule has 0 unspecified atom stereocenters. The Morgan fingerprint density at radius 2 is 1.78 bits per heavy atom. The zero-order valence-corrected chi connectivity index (χ0v) is 21.7. The lowest BCUT2D eigenvalue weighted by Crippen LogP contribution is -2.30. The zero-order chi connectivity index (χ0) is 26.4. The number of aryl methyl sites for hydroxylation is 1. The lowest BCUT2D eigenvalue weighted by Gasteiger charge is -2.17. The highest BCUT2D eigenvalue weighted by molar-refractivity contribution is 6.31. The van der Waals surface area contributed by atoms with E-state index in [1.807, 2.05) is 68.4 Å². The topological polar surface area (TPSA) is 67.9 Å². The Morgan fingerprint density at radius 1 is 1.03 bits per heavy atom. The number of carbonyl (C=O) groups is 2. The van der Waals surface area contributed by atoms with Gasteiger partial charge < -0.3 is 14.8 Å². The lowest BCUT2D eigenvalue weighted by molar-refractivity contribution is -0.123. The Balaban J connectivity index is 1.62. The van der Waals surface area contributed by atoms with Crippen LogP contribution < -0.4 is 14.8 Å². The van der Waals surface area contributed by atoms with Crippen molar-refractivity contribution in [2.45, 2.75) is 33.4 Å². The largest absolute Gasteiger partial charge is 0.490 e. The summed E-state index contributed by atoms with van der Waals surface area (Å²) < 4.78 is 12.1. The van der Waals surface area contributed by atoms with E-state index in [9.17, 15) is 9.59 Å². The van der Waals surface area contributed by atoms with Crippen LogP contribution in [0.3, 0.4) is 0 Å². The third kappa shape index (κ3) is 6.22. The van der Waals surface area contributed by atoms with Gasteiger partial charge >= 0.3 is 6.03 Å². The number of carbonyl (C=O) groups excluding carboxylic acids is 2. The van der Waals surface area contributed by atoms with Crippen molar-refractivity contribution in [1.29, 1.82) is 0 Å². The number of nitrogens with one attached hydrogen (secondary N) is 1. The monoisotopic (exact) mass is 516 g/mol. The van der Waals surface area contributed by atoms with Crippen LogP contribution in [-0.4, -0.2) is 23.4 Å². The van der Waals surface area contributed by atoms with E-state index in [2.05, 4.69) is 11.9 Å². The highest BCUT2D eigenvalue weighted by Gasteiger charge is 2.33. The van der Waals surface area contributed by atoms with E-state index < -0.39 is 6.03 Å². The molecular weight excluding hydrogens is 488 g/mol. The molecule has 0 bridgehead atoms. The molecule has 4 rings (SSSR count). The van der Waals surface area contributed by atoms with Crippen LogP contribution in [0.4, 0.5) is 4.79 Å². The lowest BCUT2D eigenvalue weighted by atomic mass is 10.0. The third-order valence-electron chi connectivity index (χ3n) is 5.88. The van der Waals surface area contributed by atoms with E-state index in [1.165, 1.54) is 4.90 Å². The molecule has 3 aromatic rings. The minimum atomic E-state index is -0.451. The molecule has 6 nitrogen and oxygen atoms in total. The molecule has 0 saturated carbocycles. The summed E-state index contributed by atoms with van der Waals surface area (Å²) in [4.78, 5) is 26.8. The van der Waals surface area contributed by atoms with Gasteiger partial charge in [-0.15, -0.1) is 6.58 Å². The van der Waals surface area contributed by atoms with E-state index in [0.29, 0.717) is 35.1 Å². The van der Waals surface area contributed by atoms with E-state index in [0.717, 1.165) is 22.3 Å². The van der Waals surface area contributed by atoms with Crippen molar-refractivity contribution in [2.75, 3.05) is 6.61 Å². The Kier molecular flexibility index (Phi) is 8.31. The summed E-state index contributed by atoms with van der Waals surface area (Å²) in [5.74, 6) is 0.744. The van der Waals surface area contributed by atoms with Gasteiger partial charge in [0.25, 0.3) is 5.91 Å². The van der Waals surface area contributed by atoms with Gasteiger partial charge in [0.05, 0.1) is 13.2 Å². The summed E-state index contributed by atoms with van der Waals surface area (Å²) in [6.07, 6.45) is 3.95. The van der Waals surface area contributed by atoms with Crippen LogP contribution in [0.25, 0.3) is 6.08 Å². The maximum Gasteiger partial charge on any atom is 0.329 e. The molecule has 3 amide bonds. The van der Waals surface area contributed by atoms with E-state index in [-0.39, 0.29) is 24.8 Å². The number of imide groups is 1. The molecule has 0 aliphatic carbocycles. The van der Waals surface area contributed by atoms with Crippen molar-refractivity contribution in [1.82, 2.24) is 10.2 Å². The van der Waals surface area contributed by atoms with Crippen LogP contribution in [0.5, 0.6) is 11.5 Å². The summed E-state index contributed by atoms with van der Waals surface area (Å²) in [7, 11) is 0. The average molecular weight is 517 g/mol. The summed E-state index contributed by atoms with van der Waals surface area (Å²) in [6, 6.07) is 18.5. The Morgan fingerprint density at radius 3 is 2.49 bits per heavy atom. The van der Waals surface area contributed by atoms with Crippen molar-refractivity contribution in [3.05, 3.63) is 112 Å². The van der Waals surface area contributed by atoms with Crippen molar-refractivity contribution in [3.63, 3.8) is 0 Å². The molecule has 1 heterocycles. The number of rotatable bonds is 10. The number of halogens is 1. The van der Waals surface area contributed by atoms with Crippen molar-refractivity contribution in [3.8, 4) is 11.5 Å². The number of allylic oxidation sites excluding steroid dienone is 1. The maximum atomic E-state index is 13.1. The van der Waals surface area contributed by atoms with Crippen LogP contribution in [0.1, 0.15) is 34.7 Å². The molecule has 1 aliphatic rings. The molecule has 3 aromatic carbocycles. The first-order valence-electron chi connectivity index (χ1n) is 12.1. The first kappa shape index (κ1) is 26.0. The fourth-order valence-electron chi connectivity index (χ4n) is 4.02. The molecule has 0 spiro atoms. The summed E-state index contributed by atoms with van der Waals surface area (Å²) >= 11 is 6.30. The molecule has 0 radical (unpaired) electrons. The Hall–Kier alpha value is -4.03. The van der Waals surface area contributed by atoms with Crippen molar-refractivity contribution >= 4 is 29.6 Å². The summed E-state index contributed by atoms with van der Waals surface area (Å²) in [6.45, 7) is 8.64. The van der Waals surface area contributed by atoms with Gasteiger partial charge in [-0.25, -0.2) is 4.79 Å². The molecule has 1 aliphatic heterocycles. The molecule has 0 atom stereocenters. The van der Waals surface area contributed by atoms with Gasteiger partial charge in [0.1, 0.15) is 12.3 Å². The number of hydrogen-bond acceptors (Lipinski definition) is 4. The van der Waals surface area contributed by atoms with Crippen LogP contribution in [0.2, 0.25) is 5.02 Å². The standard InChI is InChI=1S/C30H29ClN2O4/c1-4-8-23-15-22(17-27(36-5-2)28(23)37-19-24-9-6-7-10-25(24)31)16-26-29(34)33(30(35)32-26)18-21-13-11-20(3)12-14-21/h4,6-7,9-17H,1,5,8,18-19H2,2-3H3,(H,32,35)/b26-16+. The van der Waals surface area contributed by atoms with Crippen molar-refractivity contribution < 1.29 is 19.1 Å². The van der Waals surface area contributed by atoms with E-state index >= 15 is 0 Å². The zero-order valence-electron chi connectivity index (χ0n) is 20.9. The fraction of sp³-hybridized carbons (Fsp3) is 0.200. The molecular formula is C30H29ClN2O4. The number of hydrogen-bond donors (Lipinski definition) is 1.